The number of hydrogen-bond donors (Lipinski definition) is 3. The van der Waals surface area contributed by atoms with E-state index in [1.54, 1.807) is 0 Å². The maximum Gasteiger partial charge on any atom is 0.243 e. The summed E-state index contributed by atoms with van der Waals surface area (Å²) in [6.07, 6.45) is 0.126. The van der Waals surface area contributed by atoms with E-state index in [1.165, 1.54) is 19.1 Å². The summed E-state index contributed by atoms with van der Waals surface area (Å²) in [5, 5.41) is 9.45. The second-order valence-corrected chi connectivity index (χ2v) is 6.52. The molecule has 3 rings (SSSR count). The Labute approximate surface area is 167 Å². The van der Waals surface area contributed by atoms with Crippen molar-refractivity contribution in [2.45, 2.75) is 13.3 Å². The quantitative estimate of drug-likeness (QED) is 0.601. The number of carbonyl (C=O) groups excluding carboxylic acids is 3. The molecule has 0 aliphatic heterocycles. The highest BCUT2D eigenvalue weighted by Crippen LogP contribution is 2.20. The monoisotopic (exact) mass is 393 g/mol. The van der Waals surface area contributed by atoms with Crippen molar-refractivity contribution in [2.75, 3.05) is 17.2 Å². The van der Waals surface area contributed by atoms with E-state index in [-0.39, 0.29) is 30.5 Å². The van der Waals surface area contributed by atoms with Crippen molar-refractivity contribution in [3.63, 3.8) is 0 Å². The minimum atomic E-state index is -0.644. The van der Waals surface area contributed by atoms with Gasteiger partial charge in [0, 0.05) is 12.6 Å². The Bertz CT molecular complexity index is 1080. The zero-order valence-corrected chi connectivity index (χ0v) is 15.8. The van der Waals surface area contributed by atoms with Crippen molar-refractivity contribution in [3.8, 4) is 0 Å². The number of rotatable bonds is 6. The summed E-state index contributed by atoms with van der Waals surface area (Å²) in [5.41, 5.74) is 1.13. The average molecular weight is 393 g/mol. The Morgan fingerprint density at radius 3 is 2.45 bits per heavy atom. The molecule has 0 atom stereocenters. The molecule has 0 aliphatic carbocycles. The zero-order chi connectivity index (χ0) is 20.8. The summed E-state index contributed by atoms with van der Waals surface area (Å²) in [7, 11) is 0. The molecule has 0 aliphatic rings. The Hall–Kier alpha value is -3.74. The van der Waals surface area contributed by atoms with E-state index in [0.29, 0.717) is 5.69 Å². The van der Waals surface area contributed by atoms with E-state index in [4.69, 9.17) is 0 Å². The SMILES string of the molecule is CC(=O)Nc1ccc(F)c(NC(=O)CNC(=O)Cc2cccc3ccccc23)c1. The normalized spacial score (nSPS) is 10.4. The lowest BCUT2D eigenvalue weighted by atomic mass is 10.0. The van der Waals surface area contributed by atoms with E-state index < -0.39 is 11.7 Å². The third-order valence-electron chi connectivity index (χ3n) is 4.24. The lowest BCUT2D eigenvalue weighted by Gasteiger charge is -2.10. The minimum absolute atomic E-state index is 0.0791. The van der Waals surface area contributed by atoms with Gasteiger partial charge in [-0.25, -0.2) is 4.39 Å². The molecule has 0 aromatic heterocycles. The molecule has 148 valence electrons. The third kappa shape index (κ3) is 5.38. The number of carbonyl (C=O) groups is 3. The number of fused-ring (bicyclic) bond motifs is 1. The van der Waals surface area contributed by atoms with Gasteiger partial charge in [0.05, 0.1) is 18.7 Å². The maximum atomic E-state index is 13.9. The smallest absolute Gasteiger partial charge is 0.243 e. The van der Waals surface area contributed by atoms with Crippen LogP contribution in [0.2, 0.25) is 0 Å². The van der Waals surface area contributed by atoms with E-state index in [9.17, 15) is 18.8 Å². The molecular weight excluding hydrogens is 373 g/mol. The van der Waals surface area contributed by atoms with Crippen molar-refractivity contribution in [2.24, 2.45) is 0 Å². The summed E-state index contributed by atoms with van der Waals surface area (Å²) < 4.78 is 13.9. The highest BCUT2D eigenvalue weighted by atomic mass is 19.1. The molecule has 0 unspecified atom stereocenters. The van der Waals surface area contributed by atoms with Crippen LogP contribution in [0.25, 0.3) is 10.8 Å². The maximum absolute atomic E-state index is 13.9. The third-order valence-corrected chi connectivity index (χ3v) is 4.24. The molecule has 3 aromatic rings. The number of benzene rings is 3. The van der Waals surface area contributed by atoms with Gasteiger partial charge in [0.2, 0.25) is 17.7 Å². The summed E-state index contributed by atoms with van der Waals surface area (Å²) in [4.78, 5) is 35.4. The molecule has 29 heavy (non-hydrogen) atoms. The second kappa shape index (κ2) is 8.97. The highest BCUT2D eigenvalue weighted by Gasteiger charge is 2.11. The van der Waals surface area contributed by atoms with Crippen LogP contribution in [0, 0.1) is 5.82 Å². The molecule has 6 nitrogen and oxygen atoms in total. The van der Waals surface area contributed by atoms with Crippen LogP contribution in [0.3, 0.4) is 0 Å². The van der Waals surface area contributed by atoms with E-state index in [1.807, 2.05) is 42.5 Å². The van der Waals surface area contributed by atoms with E-state index in [2.05, 4.69) is 16.0 Å². The molecule has 0 radical (unpaired) electrons. The van der Waals surface area contributed by atoms with Crippen LogP contribution in [0.15, 0.2) is 60.7 Å². The Morgan fingerprint density at radius 2 is 1.66 bits per heavy atom. The molecule has 0 spiro atoms. The molecule has 3 amide bonds. The fourth-order valence-electron chi connectivity index (χ4n) is 2.96. The minimum Gasteiger partial charge on any atom is -0.347 e. The fourth-order valence-corrected chi connectivity index (χ4v) is 2.96. The predicted molar refractivity (Wildman–Crippen MR) is 110 cm³/mol. The Kier molecular flexibility index (Phi) is 6.19. The first kappa shape index (κ1) is 20.0. The van der Waals surface area contributed by atoms with Crippen LogP contribution < -0.4 is 16.0 Å². The van der Waals surface area contributed by atoms with E-state index in [0.717, 1.165) is 22.4 Å². The second-order valence-electron chi connectivity index (χ2n) is 6.52. The van der Waals surface area contributed by atoms with Crippen LogP contribution in [0.5, 0.6) is 0 Å². The number of amides is 3. The van der Waals surface area contributed by atoms with Gasteiger partial charge in [-0.3, -0.25) is 14.4 Å². The molecule has 0 heterocycles. The number of anilines is 2. The topological polar surface area (TPSA) is 87.3 Å². The predicted octanol–water partition coefficient (Wildman–Crippen LogP) is 3.23. The highest BCUT2D eigenvalue weighted by molar-refractivity contribution is 5.97. The summed E-state index contributed by atoms with van der Waals surface area (Å²) in [5.74, 6) is -1.84. The number of nitrogens with one attached hydrogen (secondary N) is 3. The van der Waals surface area contributed by atoms with Gasteiger partial charge in [-0.05, 0) is 34.5 Å². The van der Waals surface area contributed by atoms with Crippen molar-refractivity contribution in [3.05, 3.63) is 72.0 Å². The first-order chi connectivity index (χ1) is 13.9. The van der Waals surface area contributed by atoms with Gasteiger partial charge in [0.1, 0.15) is 5.82 Å². The molecule has 3 aromatic carbocycles. The molecule has 0 bridgehead atoms. The van der Waals surface area contributed by atoms with Gasteiger partial charge in [-0.2, -0.15) is 0 Å². The van der Waals surface area contributed by atoms with Crippen LogP contribution >= 0.6 is 0 Å². The lowest BCUT2D eigenvalue weighted by molar-refractivity contribution is -0.123. The van der Waals surface area contributed by atoms with Crippen molar-refractivity contribution < 1.29 is 18.8 Å². The lowest BCUT2D eigenvalue weighted by Crippen LogP contribution is -2.34. The summed E-state index contributed by atoms with van der Waals surface area (Å²) in [6.45, 7) is 1.03. The summed E-state index contributed by atoms with van der Waals surface area (Å²) in [6, 6.07) is 17.3. The molecular formula is C22H20FN3O3. The largest absolute Gasteiger partial charge is 0.347 e. The number of hydrogen-bond acceptors (Lipinski definition) is 3. The standard InChI is InChI=1S/C22H20FN3O3/c1-14(27)25-17-9-10-19(23)20(12-17)26-22(29)13-24-21(28)11-16-7-4-6-15-5-2-3-8-18(15)16/h2-10,12H,11,13H2,1H3,(H,24,28)(H,25,27)(H,26,29). The van der Waals surface area contributed by atoms with E-state index >= 15 is 0 Å². The van der Waals surface area contributed by atoms with Gasteiger partial charge in [-0.1, -0.05) is 42.5 Å². The van der Waals surface area contributed by atoms with Crippen molar-refractivity contribution in [1.29, 1.82) is 0 Å². The summed E-state index contributed by atoms with van der Waals surface area (Å²) >= 11 is 0. The fraction of sp³-hybridized carbons (Fsp3) is 0.136. The first-order valence-corrected chi connectivity index (χ1v) is 9.02. The number of halogens is 1. The first-order valence-electron chi connectivity index (χ1n) is 9.02. The zero-order valence-electron chi connectivity index (χ0n) is 15.8. The molecule has 7 heteroatoms. The molecule has 0 fully saturated rings. The van der Waals surface area contributed by atoms with Gasteiger partial charge in [-0.15, -0.1) is 0 Å². The Morgan fingerprint density at radius 1 is 0.897 bits per heavy atom. The van der Waals surface area contributed by atoms with Crippen molar-refractivity contribution >= 4 is 39.9 Å². The Balaban J connectivity index is 1.58. The van der Waals surface area contributed by atoms with Crippen LogP contribution in [-0.2, 0) is 20.8 Å². The van der Waals surface area contributed by atoms with Gasteiger partial charge < -0.3 is 16.0 Å². The van der Waals surface area contributed by atoms with Gasteiger partial charge in [0.25, 0.3) is 0 Å². The average Bonchev–Trinajstić information content (AvgIpc) is 2.69. The van der Waals surface area contributed by atoms with Crippen LogP contribution in [0.4, 0.5) is 15.8 Å². The van der Waals surface area contributed by atoms with Crippen molar-refractivity contribution in [1.82, 2.24) is 5.32 Å². The molecule has 0 saturated heterocycles. The van der Waals surface area contributed by atoms with Gasteiger partial charge >= 0.3 is 0 Å². The molecule has 0 saturated carbocycles. The van der Waals surface area contributed by atoms with Crippen LogP contribution in [-0.4, -0.2) is 24.3 Å². The van der Waals surface area contributed by atoms with Crippen LogP contribution in [0.1, 0.15) is 12.5 Å². The molecule has 3 N–H and O–H groups in total. The van der Waals surface area contributed by atoms with Gasteiger partial charge in [0.15, 0.2) is 0 Å².